The lowest BCUT2D eigenvalue weighted by Gasteiger charge is -1.95. The van der Waals surface area contributed by atoms with Gasteiger partial charge in [-0.1, -0.05) is 0 Å². The predicted octanol–water partition coefficient (Wildman–Crippen LogP) is -2.17. The summed E-state index contributed by atoms with van der Waals surface area (Å²) in [6, 6.07) is 0. The molecular formula is C7H6N6O4. The number of aromatic amines is 2. The molecule has 0 saturated carbocycles. The zero-order valence-corrected chi connectivity index (χ0v) is 8.50. The van der Waals surface area contributed by atoms with Gasteiger partial charge >= 0.3 is 11.7 Å². The topological polar surface area (TPSA) is 136 Å². The fourth-order valence-electron chi connectivity index (χ4n) is 1.05. The maximum Gasteiger partial charge on any atom is 0.377 e. The second-order valence-electron chi connectivity index (χ2n) is 2.83. The van der Waals surface area contributed by atoms with Crippen LogP contribution in [-0.4, -0.2) is 43.0 Å². The van der Waals surface area contributed by atoms with Gasteiger partial charge in [-0.05, 0) is 0 Å². The highest BCUT2D eigenvalue weighted by Crippen LogP contribution is 1.95. The summed E-state index contributed by atoms with van der Waals surface area (Å²) < 4.78 is 5.34. The van der Waals surface area contributed by atoms with E-state index in [0.29, 0.717) is 0 Å². The van der Waals surface area contributed by atoms with Gasteiger partial charge in [0.05, 0.1) is 7.11 Å². The lowest BCUT2D eigenvalue weighted by atomic mass is 10.6. The van der Waals surface area contributed by atoms with Crippen LogP contribution in [0.1, 0.15) is 10.6 Å². The molecule has 2 heterocycles. The molecule has 2 aromatic heterocycles. The Bertz CT molecular complexity index is 667. The van der Waals surface area contributed by atoms with E-state index in [1.165, 1.54) is 7.11 Å². The van der Waals surface area contributed by atoms with Crippen molar-refractivity contribution in [1.82, 2.24) is 29.9 Å². The van der Waals surface area contributed by atoms with Crippen molar-refractivity contribution >= 4 is 5.97 Å². The van der Waals surface area contributed by atoms with E-state index in [4.69, 9.17) is 0 Å². The molecule has 0 aliphatic carbocycles. The van der Waals surface area contributed by atoms with Gasteiger partial charge in [0.2, 0.25) is 5.82 Å². The molecule has 0 bridgehead atoms. The van der Waals surface area contributed by atoms with Crippen molar-refractivity contribution in [3.8, 4) is 5.82 Å². The Hall–Kier alpha value is -2.78. The van der Waals surface area contributed by atoms with Gasteiger partial charge in [-0.2, -0.15) is 4.68 Å². The molecule has 0 aromatic carbocycles. The van der Waals surface area contributed by atoms with Crippen LogP contribution >= 0.6 is 0 Å². The number of hydrogen-bond acceptors (Lipinski definition) is 7. The highest BCUT2D eigenvalue weighted by molar-refractivity contribution is 5.84. The van der Waals surface area contributed by atoms with E-state index in [2.05, 4.69) is 19.9 Å². The third-order valence-electron chi connectivity index (χ3n) is 1.77. The maximum atomic E-state index is 11.3. The first kappa shape index (κ1) is 10.7. The zero-order chi connectivity index (χ0) is 12.4. The second kappa shape index (κ2) is 4.00. The van der Waals surface area contributed by atoms with Gasteiger partial charge in [0.1, 0.15) is 6.33 Å². The molecule has 0 atom stereocenters. The first-order valence-corrected chi connectivity index (χ1v) is 4.31. The molecule has 2 rings (SSSR count). The minimum absolute atomic E-state index is 0.216. The zero-order valence-electron chi connectivity index (χ0n) is 8.50. The number of carbonyl (C=O) groups is 1. The summed E-state index contributed by atoms with van der Waals surface area (Å²) in [4.78, 5) is 38.7. The number of carbonyl (C=O) groups excluding carboxylic acids is 1. The van der Waals surface area contributed by atoms with Gasteiger partial charge < -0.3 is 4.74 Å². The average Bonchev–Trinajstić information content (AvgIpc) is 2.77. The van der Waals surface area contributed by atoms with Crippen LogP contribution in [-0.2, 0) is 4.74 Å². The number of ether oxygens (including phenoxy) is 1. The molecule has 2 aromatic rings. The molecule has 0 amide bonds. The van der Waals surface area contributed by atoms with Gasteiger partial charge in [0, 0.05) is 0 Å². The van der Waals surface area contributed by atoms with Crippen LogP contribution in [0.25, 0.3) is 5.82 Å². The largest absolute Gasteiger partial charge is 0.463 e. The number of aromatic nitrogens is 6. The number of rotatable bonds is 2. The monoisotopic (exact) mass is 238 g/mol. The molecule has 0 spiro atoms. The molecule has 0 fully saturated rings. The number of nitrogens with zero attached hydrogens (tertiary/aromatic N) is 4. The number of hydrogen-bond donors (Lipinski definition) is 2. The fourth-order valence-corrected chi connectivity index (χ4v) is 1.05. The lowest BCUT2D eigenvalue weighted by Crippen LogP contribution is -2.28. The van der Waals surface area contributed by atoms with Crippen molar-refractivity contribution in [2.24, 2.45) is 0 Å². The summed E-state index contributed by atoms with van der Waals surface area (Å²) in [5, 5.41) is 9.17. The molecule has 0 unspecified atom stereocenters. The van der Waals surface area contributed by atoms with Crippen molar-refractivity contribution in [3.05, 3.63) is 33.0 Å². The quantitative estimate of drug-likeness (QED) is 0.568. The lowest BCUT2D eigenvalue weighted by molar-refractivity contribution is 0.0587. The fraction of sp³-hybridized carbons (Fsp3) is 0.143. The summed E-state index contributed by atoms with van der Waals surface area (Å²) in [5.74, 6) is -1.18. The second-order valence-corrected chi connectivity index (χ2v) is 2.83. The minimum atomic E-state index is -0.755. The van der Waals surface area contributed by atoms with E-state index >= 15 is 0 Å². The van der Waals surface area contributed by atoms with Crippen molar-refractivity contribution in [1.29, 1.82) is 0 Å². The Morgan fingerprint density at radius 3 is 2.88 bits per heavy atom. The van der Waals surface area contributed by atoms with Gasteiger partial charge in [-0.3, -0.25) is 9.78 Å². The molecule has 0 aliphatic rings. The smallest absolute Gasteiger partial charge is 0.377 e. The molecule has 2 N–H and O–H groups in total. The van der Waals surface area contributed by atoms with Crippen molar-refractivity contribution in [2.75, 3.05) is 7.11 Å². The highest BCUT2D eigenvalue weighted by atomic mass is 16.5. The Morgan fingerprint density at radius 2 is 2.24 bits per heavy atom. The summed E-state index contributed by atoms with van der Waals surface area (Å²) in [6.45, 7) is 0. The van der Waals surface area contributed by atoms with Gasteiger partial charge in [0.25, 0.3) is 11.4 Å². The molecule has 0 radical (unpaired) electrons. The van der Waals surface area contributed by atoms with Crippen LogP contribution < -0.4 is 11.2 Å². The first-order chi connectivity index (χ1) is 8.11. The van der Waals surface area contributed by atoms with Gasteiger partial charge in [-0.25, -0.2) is 19.7 Å². The van der Waals surface area contributed by atoms with Crippen LogP contribution in [0.2, 0.25) is 0 Å². The number of methoxy groups -OCH3 is 1. The molecule has 0 saturated heterocycles. The summed E-state index contributed by atoms with van der Waals surface area (Å²) in [5.41, 5.74) is -1.50. The summed E-state index contributed by atoms with van der Waals surface area (Å²) in [6.07, 6.45) is 1.10. The molecule has 10 heteroatoms. The standard InChI is InChI=1S/C7H6N6O4/c1-17-6(15)3-8-2-13(12-3)4-5(14)9-7(16)11-10-4/h2H,1H3,(H2,9,11,14,16). The van der Waals surface area contributed by atoms with E-state index in [0.717, 1.165) is 11.0 Å². The molecule has 17 heavy (non-hydrogen) atoms. The molecular weight excluding hydrogens is 232 g/mol. The summed E-state index contributed by atoms with van der Waals surface area (Å²) >= 11 is 0. The molecule has 0 aliphatic heterocycles. The van der Waals surface area contributed by atoms with Crippen molar-refractivity contribution < 1.29 is 9.53 Å². The molecule has 88 valence electrons. The van der Waals surface area contributed by atoms with Crippen molar-refractivity contribution in [3.63, 3.8) is 0 Å². The van der Waals surface area contributed by atoms with E-state index < -0.39 is 17.2 Å². The average molecular weight is 238 g/mol. The van der Waals surface area contributed by atoms with Crippen molar-refractivity contribution in [2.45, 2.75) is 0 Å². The normalized spacial score (nSPS) is 10.2. The highest BCUT2D eigenvalue weighted by Gasteiger charge is 2.14. The van der Waals surface area contributed by atoms with Crippen LogP contribution in [0.4, 0.5) is 0 Å². The third-order valence-corrected chi connectivity index (χ3v) is 1.77. The van der Waals surface area contributed by atoms with Gasteiger partial charge in [0.15, 0.2) is 0 Å². The minimum Gasteiger partial charge on any atom is -0.463 e. The molecule has 10 nitrogen and oxygen atoms in total. The van der Waals surface area contributed by atoms with E-state index in [1.54, 1.807) is 0 Å². The first-order valence-electron chi connectivity index (χ1n) is 4.31. The summed E-state index contributed by atoms with van der Waals surface area (Å²) in [7, 11) is 1.17. The predicted molar refractivity (Wildman–Crippen MR) is 51.7 cm³/mol. The van der Waals surface area contributed by atoms with Crippen LogP contribution in [0.5, 0.6) is 0 Å². The Kier molecular flexibility index (Phi) is 2.52. The number of esters is 1. The Balaban J connectivity index is 2.47. The Morgan fingerprint density at radius 1 is 1.47 bits per heavy atom. The van der Waals surface area contributed by atoms with Crippen LogP contribution in [0, 0.1) is 0 Å². The number of nitrogens with one attached hydrogen (secondary N) is 2. The maximum absolute atomic E-state index is 11.3. The van der Waals surface area contributed by atoms with Gasteiger partial charge in [-0.15, -0.1) is 10.2 Å². The SMILES string of the molecule is COC(=O)c1ncn(-c2n[nH]c(=O)[nH]c2=O)n1. The van der Waals surface area contributed by atoms with Crippen LogP contribution in [0.3, 0.4) is 0 Å². The third kappa shape index (κ3) is 1.95. The van der Waals surface area contributed by atoms with E-state index in [9.17, 15) is 14.4 Å². The van der Waals surface area contributed by atoms with E-state index in [1.807, 2.05) is 10.1 Å². The van der Waals surface area contributed by atoms with E-state index in [-0.39, 0.29) is 11.6 Å². The number of H-pyrrole nitrogens is 2. The van der Waals surface area contributed by atoms with Crippen LogP contribution in [0.15, 0.2) is 15.9 Å². The Labute approximate surface area is 92.3 Å².